The highest BCUT2D eigenvalue weighted by Gasteiger charge is 2.24. The standard InChI is InChI=1S/C13H12Cl2N4O2/c14-9-5-7(19(20)21)6-10(15)12(9)18-11-4-2-1-3-8(11)13(16)17-18/h5-6H,1-4H2,(H2,16,17). The topological polar surface area (TPSA) is 87.0 Å². The minimum absolute atomic E-state index is 0.150. The second-order valence-electron chi connectivity index (χ2n) is 4.94. The SMILES string of the molecule is Nc1nn(-c2c(Cl)cc([N+](=O)[O-])cc2Cl)c2c1CCCC2. The number of benzene rings is 1. The summed E-state index contributed by atoms with van der Waals surface area (Å²) in [5, 5.41) is 15.5. The minimum Gasteiger partial charge on any atom is -0.382 e. The number of halogens is 2. The number of nitrogens with zero attached hydrogens (tertiary/aromatic N) is 3. The summed E-state index contributed by atoms with van der Waals surface area (Å²) in [6.07, 6.45) is 3.83. The maximum absolute atomic E-state index is 10.8. The molecular formula is C13H12Cl2N4O2. The zero-order chi connectivity index (χ0) is 15.1. The lowest BCUT2D eigenvalue weighted by Gasteiger charge is -2.15. The molecule has 0 fully saturated rings. The summed E-state index contributed by atoms with van der Waals surface area (Å²) in [4.78, 5) is 10.3. The Labute approximate surface area is 130 Å². The normalized spacial score (nSPS) is 14.0. The Morgan fingerprint density at radius 2 is 1.86 bits per heavy atom. The third-order valence-corrected chi connectivity index (χ3v) is 4.21. The summed E-state index contributed by atoms with van der Waals surface area (Å²) in [5.74, 6) is 0.468. The number of aromatic nitrogens is 2. The zero-order valence-corrected chi connectivity index (χ0v) is 12.5. The Kier molecular flexibility index (Phi) is 3.51. The molecule has 8 heteroatoms. The van der Waals surface area contributed by atoms with E-state index in [9.17, 15) is 10.1 Å². The van der Waals surface area contributed by atoms with Crippen molar-refractivity contribution in [1.29, 1.82) is 0 Å². The number of nitrogens with two attached hydrogens (primary N) is 1. The maximum Gasteiger partial charge on any atom is 0.272 e. The molecule has 0 saturated carbocycles. The van der Waals surface area contributed by atoms with E-state index in [0.29, 0.717) is 11.5 Å². The predicted molar refractivity (Wildman–Crippen MR) is 81.3 cm³/mol. The molecule has 110 valence electrons. The summed E-state index contributed by atoms with van der Waals surface area (Å²) >= 11 is 12.3. The highest BCUT2D eigenvalue weighted by molar-refractivity contribution is 6.38. The summed E-state index contributed by atoms with van der Waals surface area (Å²) in [5.41, 5.74) is 8.25. The van der Waals surface area contributed by atoms with Crippen molar-refractivity contribution in [2.75, 3.05) is 5.73 Å². The van der Waals surface area contributed by atoms with Crippen molar-refractivity contribution < 1.29 is 4.92 Å². The molecule has 0 saturated heterocycles. The molecule has 0 spiro atoms. The van der Waals surface area contributed by atoms with Crippen molar-refractivity contribution in [2.24, 2.45) is 0 Å². The first-order chi connectivity index (χ1) is 9.99. The van der Waals surface area contributed by atoms with Gasteiger partial charge in [0, 0.05) is 23.4 Å². The summed E-state index contributed by atoms with van der Waals surface area (Å²) in [7, 11) is 0. The molecule has 0 bridgehead atoms. The highest BCUT2D eigenvalue weighted by atomic mass is 35.5. The summed E-state index contributed by atoms with van der Waals surface area (Å²) < 4.78 is 1.62. The van der Waals surface area contributed by atoms with E-state index in [0.717, 1.165) is 36.9 Å². The minimum atomic E-state index is -0.533. The molecule has 1 aliphatic carbocycles. The van der Waals surface area contributed by atoms with Crippen molar-refractivity contribution in [3.05, 3.63) is 43.5 Å². The number of hydrogen-bond donors (Lipinski definition) is 1. The van der Waals surface area contributed by atoms with E-state index < -0.39 is 4.92 Å². The molecule has 1 aromatic heterocycles. The van der Waals surface area contributed by atoms with Gasteiger partial charge in [0.1, 0.15) is 11.5 Å². The van der Waals surface area contributed by atoms with E-state index in [1.165, 1.54) is 12.1 Å². The molecule has 6 nitrogen and oxygen atoms in total. The summed E-state index contributed by atoms with van der Waals surface area (Å²) in [6, 6.07) is 2.55. The second-order valence-corrected chi connectivity index (χ2v) is 5.76. The number of hydrogen-bond acceptors (Lipinski definition) is 4. The number of fused-ring (bicyclic) bond motifs is 1. The summed E-state index contributed by atoms with van der Waals surface area (Å²) in [6.45, 7) is 0. The van der Waals surface area contributed by atoms with Crippen molar-refractivity contribution >= 4 is 34.7 Å². The number of nitro groups is 1. The van der Waals surface area contributed by atoms with E-state index >= 15 is 0 Å². The lowest BCUT2D eigenvalue weighted by molar-refractivity contribution is -0.384. The van der Waals surface area contributed by atoms with Gasteiger partial charge in [-0.25, -0.2) is 4.68 Å². The molecule has 0 atom stereocenters. The third-order valence-electron chi connectivity index (χ3n) is 3.64. The van der Waals surface area contributed by atoms with Gasteiger partial charge in [0.05, 0.1) is 15.0 Å². The van der Waals surface area contributed by atoms with Gasteiger partial charge in [-0.05, 0) is 25.7 Å². The van der Waals surface area contributed by atoms with Crippen molar-refractivity contribution in [3.63, 3.8) is 0 Å². The molecule has 1 aromatic carbocycles. The molecule has 1 aliphatic rings. The van der Waals surface area contributed by atoms with Crippen LogP contribution in [-0.2, 0) is 12.8 Å². The van der Waals surface area contributed by atoms with Crippen LogP contribution < -0.4 is 5.73 Å². The first-order valence-corrected chi connectivity index (χ1v) is 7.24. The van der Waals surface area contributed by atoms with E-state index in [2.05, 4.69) is 5.10 Å². The quantitative estimate of drug-likeness (QED) is 0.675. The van der Waals surface area contributed by atoms with Crippen LogP contribution in [0.15, 0.2) is 12.1 Å². The van der Waals surface area contributed by atoms with Crippen LogP contribution in [0.25, 0.3) is 5.69 Å². The lowest BCUT2D eigenvalue weighted by Crippen LogP contribution is -2.09. The Morgan fingerprint density at radius 3 is 2.48 bits per heavy atom. The molecule has 21 heavy (non-hydrogen) atoms. The number of nitro benzene ring substituents is 1. The van der Waals surface area contributed by atoms with Gasteiger partial charge in [0.25, 0.3) is 5.69 Å². The highest BCUT2D eigenvalue weighted by Crippen LogP contribution is 2.36. The van der Waals surface area contributed by atoms with Crippen LogP contribution >= 0.6 is 23.2 Å². The molecule has 0 unspecified atom stereocenters. The van der Waals surface area contributed by atoms with E-state index in [4.69, 9.17) is 28.9 Å². The van der Waals surface area contributed by atoms with Crippen LogP contribution in [-0.4, -0.2) is 14.7 Å². The molecule has 1 heterocycles. The Bertz CT molecular complexity index is 719. The average molecular weight is 327 g/mol. The van der Waals surface area contributed by atoms with Crippen LogP contribution in [0.1, 0.15) is 24.1 Å². The van der Waals surface area contributed by atoms with E-state index in [1.54, 1.807) is 4.68 Å². The average Bonchev–Trinajstić information content (AvgIpc) is 2.76. The smallest absolute Gasteiger partial charge is 0.272 e. The van der Waals surface area contributed by atoms with Crippen LogP contribution in [0.3, 0.4) is 0 Å². The first-order valence-electron chi connectivity index (χ1n) is 6.49. The molecule has 2 N–H and O–H groups in total. The van der Waals surface area contributed by atoms with Gasteiger partial charge >= 0.3 is 0 Å². The molecule has 0 radical (unpaired) electrons. The molecule has 0 amide bonds. The largest absolute Gasteiger partial charge is 0.382 e. The van der Waals surface area contributed by atoms with E-state index in [-0.39, 0.29) is 15.7 Å². The number of non-ortho nitro benzene ring substituents is 1. The molecule has 2 aromatic rings. The number of nitrogen functional groups attached to an aromatic ring is 1. The maximum atomic E-state index is 10.8. The fourth-order valence-electron chi connectivity index (χ4n) is 2.67. The van der Waals surface area contributed by atoms with Crippen molar-refractivity contribution in [1.82, 2.24) is 9.78 Å². The fraction of sp³-hybridized carbons (Fsp3) is 0.308. The fourth-order valence-corrected chi connectivity index (χ4v) is 3.31. The molecule has 3 rings (SSSR count). The van der Waals surface area contributed by atoms with E-state index in [1.807, 2.05) is 0 Å². The monoisotopic (exact) mass is 326 g/mol. The first kappa shape index (κ1) is 14.2. The second kappa shape index (κ2) is 5.20. The Morgan fingerprint density at radius 1 is 1.24 bits per heavy atom. The van der Waals surface area contributed by atoms with Gasteiger partial charge in [-0.2, -0.15) is 5.10 Å². The van der Waals surface area contributed by atoms with Gasteiger partial charge in [0.2, 0.25) is 0 Å². The van der Waals surface area contributed by atoms with Crippen molar-refractivity contribution in [2.45, 2.75) is 25.7 Å². The van der Waals surface area contributed by atoms with Crippen LogP contribution in [0.4, 0.5) is 11.5 Å². The zero-order valence-electron chi connectivity index (χ0n) is 11.0. The number of rotatable bonds is 2. The predicted octanol–water partition coefficient (Wildman–Crippen LogP) is 3.55. The van der Waals surface area contributed by atoms with Gasteiger partial charge in [-0.15, -0.1) is 0 Å². The van der Waals surface area contributed by atoms with Crippen LogP contribution in [0, 0.1) is 10.1 Å². The van der Waals surface area contributed by atoms with Gasteiger partial charge in [-0.3, -0.25) is 10.1 Å². The number of anilines is 1. The van der Waals surface area contributed by atoms with Crippen molar-refractivity contribution in [3.8, 4) is 5.69 Å². The Balaban J connectivity index is 2.20. The molecule has 0 aliphatic heterocycles. The van der Waals surface area contributed by atoms with Gasteiger partial charge in [-0.1, -0.05) is 23.2 Å². The van der Waals surface area contributed by atoms with Crippen LogP contribution in [0.5, 0.6) is 0 Å². The van der Waals surface area contributed by atoms with Gasteiger partial charge in [0.15, 0.2) is 0 Å². The Hall–Kier alpha value is -1.79. The van der Waals surface area contributed by atoms with Crippen LogP contribution in [0.2, 0.25) is 10.0 Å². The lowest BCUT2D eigenvalue weighted by atomic mass is 9.97. The molecular weight excluding hydrogens is 315 g/mol. The third kappa shape index (κ3) is 2.34. The van der Waals surface area contributed by atoms with Gasteiger partial charge < -0.3 is 5.73 Å².